The Kier molecular flexibility index (Phi) is 7.91. The molecular formula is C19H35N5O3. The summed E-state index contributed by atoms with van der Waals surface area (Å²) in [4.78, 5) is 29.9. The molecule has 0 aromatic carbocycles. The molecule has 2 rings (SSSR count). The van der Waals surface area contributed by atoms with Crippen molar-refractivity contribution >= 4 is 11.9 Å². The van der Waals surface area contributed by atoms with Crippen LogP contribution in [-0.4, -0.2) is 70.2 Å². The smallest absolute Gasteiger partial charge is 0.353 e. The highest BCUT2D eigenvalue weighted by Crippen LogP contribution is 2.36. The van der Waals surface area contributed by atoms with Gasteiger partial charge in [0.2, 0.25) is 5.91 Å². The van der Waals surface area contributed by atoms with Crippen molar-refractivity contribution in [3.8, 4) is 0 Å². The van der Waals surface area contributed by atoms with Crippen LogP contribution in [0.5, 0.6) is 0 Å². The van der Waals surface area contributed by atoms with Crippen LogP contribution < -0.4 is 11.5 Å². The van der Waals surface area contributed by atoms with Crippen LogP contribution in [0.1, 0.15) is 52.4 Å². The molecule has 1 fully saturated rings. The minimum Gasteiger partial charge on any atom is -0.477 e. The molecule has 5 N–H and O–H groups in total. The first kappa shape index (κ1) is 21.5. The molecule has 0 spiro atoms. The summed E-state index contributed by atoms with van der Waals surface area (Å²) in [7, 11) is 0. The van der Waals surface area contributed by atoms with Crippen LogP contribution in [0, 0.1) is 5.92 Å². The topological polar surface area (TPSA) is 116 Å². The van der Waals surface area contributed by atoms with Crippen LogP contribution in [0.15, 0.2) is 11.9 Å². The fourth-order valence-electron chi connectivity index (χ4n) is 4.35. The molecule has 1 amide bonds. The number of nitrogens with zero attached hydrogens (tertiary/aromatic N) is 3. The molecule has 2 heterocycles. The van der Waals surface area contributed by atoms with Crippen molar-refractivity contribution in [2.75, 3.05) is 26.2 Å². The van der Waals surface area contributed by atoms with Crippen LogP contribution in [0.3, 0.4) is 0 Å². The molecule has 154 valence electrons. The second-order valence-electron chi connectivity index (χ2n) is 7.60. The molecule has 27 heavy (non-hydrogen) atoms. The number of carboxylic acid groups (broad SMARTS) is 1. The molecule has 0 saturated carbocycles. The van der Waals surface area contributed by atoms with Crippen molar-refractivity contribution in [1.29, 1.82) is 0 Å². The van der Waals surface area contributed by atoms with E-state index in [1.165, 1.54) is 0 Å². The lowest BCUT2D eigenvalue weighted by Crippen LogP contribution is -2.56. The van der Waals surface area contributed by atoms with Crippen molar-refractivity contribution in [3.63, 3.8) is 0 Å². The Labute approximate surface area is 162 Å². The average molecular weight is 382 g/mol. The Balaban J connectivity index is 2.33. The number of hydrogen-bond donors (Lipinski definition) is 3. The van der Waals surface area contributed by atoms with Gasteiger partial charge in [0.15, 0.2) is 0 Å². The van der Waals surface area contributed by atoms with Gasteiger partial charge in [0.1, 0.15) is 11.9 Å². The molecule has 0 aromatic rings. The maximum Gasteiger partial charge on any atom is 0.353 e. The van der Waals surface area contributed by atoms with Crippen molar-refractivity contribution < 1.29 is 14.7 Å². The fraction of sp³-hybridized carbons (Fsp3) is 0.789. The monoisotopic (exact) mass is 381 g/mol. The summed E-state index contributed by atoms with van der Waals surface area (Å²) < 4.78 is 0. The molecule has 3 unspecified atom stereocenters. The van der Waals surface area contributed by atoms with Crippen LogP contribution in [-0.2, 0) is 9.59 Å². The maximum atomic E-state index is 12.0. The molecule has 1 saturated heterocycles. The summed E-state index contributed by atoms with van der Waals surface area (Å²) in [6.45, 7) is 7.34. The number of carboxylic acids is 1. The van der Waals surface area contributed by atoms with E-state index in [1.807, 2.05) is 4.90 Å². The predicted molar refractivity (Wildman–Crippen MR) is 104 cm³/mol. The third-order valence-corrected chi connectivity index (χ3v) is 5.54. The minimum atomic E-state index is -0.925. The van der Waals surface area contributed by atoms with Gasteiger partial charge >= 0.3 is 5.97 Å². The predicted octanol–water partition coefficient (Wildman–Crippen LogP) is 0.938. The first-order valence-corrected chi connectivity index (χ1v) is 10.1. The number of hydrogen-bond acceptors (Lipinski definition) is 6. The first-order chi connectivity index (χ1) is 12.9. The molecule has 8 nitrogen and oxygen atoms in total. The summed E-state index contributed by atoms with van der Waals surface area (Å²) in [5, 5.41) is 9.85. The van der Waals surface area contributed by atoms with Gasteiger partial charge < -0.3 is 26.4 Å². The molecule has 0 bridgehead atoms. The molecule has 0 aromatic heterocycles. The number of carbonyl (C=O) groups excluding carboxylic acids is 1. The second-order valence-corrected chi connectivity index (χ2v) is 7.60. The Morgan fingerprint density at radius 3 is 2.48 bits per heavy atom. The van der Waals surface area contributed by atoms with E-state index in [0.717, 1.165) is 45.3 Å². The highest BCUT2D eigenvalue weighted by molar-refractivity contribution is 5.86. The Morgan fingerprint density at radius 2 is 1.96 bits per heavy atom. The normalized spacial score (nSPS) is 23.3. The van der Waals surface area contributed by atoms with Crippen molar-refractivity contribution in [1.82, 2.24) is 14.7 Å². The summed E-state index contributed by atoms with van der Waals surface area (Å²) in [5.74, 6) is -0.888. The van der Waals surface area contributed by atoms with Gasteiger partial charge in [-0.2, -0.15) is 0 Å². The van der Waals surface area contributed by atoms with E-state index < -0.39 is 5.97 Å². The number of amides is 1. The fourth-order valence-corrected chi connectivity index (χ4v) is 4.35. The summed E-state index contributed by atoms with van der Waals surface area (Å²) >= 11 is 0. The highest BCUT2D eigenvalue weighted by atomic mass is 16.4. The SMILES string of the molecule is CCCN(CCC)C(CCC(N)=O)N1C(C(=O)O)=CN2CC(CN)CCC21. The quantitative estimate of drug-likeness (QED) is 0.488. The van der Waals surface area contributed by atoms with Crippen molar-refractivity contribution in [3.05, 3.63) is 11.9 Å². The molecule has 0 aliphatic carbocycles. The molecule has 2 aliphatic heterocycles. The maximum absolute atomic E-state index is 12.0. The minimum absolute atomic E-state index is 0.00740. The molecule has 3 atom stereocenters. The molecule has 8 heteroatoms. The lowest BCUT2D eigenvalue weighted by atomic mass is 9.96. The zero-order valence-electron chi connectivity index (χ0n) is 16.6. The standard InChI is InChI=1S/C19H35N5O3/c1-3-9-22(10-4-2)17(8-6-16(21)25)24-15(19(26)27)13-23-12-14(11-20)5-7-18(23)24/h13-14,17-18H,3-12,20H2,1-2H3,(H2,21,25)(H,26,27). The lowest BCUT2D eigenvalue weighted by Gasteiger charge is -2.46. The van der Waals surface area contributed by atoms with Crippen LogP contribution in [0.25, 0.3) is 0 Å². The van der Waals surface area contributed by atoms with E-state index in [1.54, 1.807) is 6.20 Å². The molecule has 0 radical (unpaired) electrons. The number of rotatable bonds is 11. The third-order valence-electron chi connectivity index (χ3n) is 5.54. The second kappa shape index (κ2) is 9.94. The zero-order chi connectivity index (χ0) is 20.0. The van der Waals surface area contributed by atoms with E-state index >= 15 is 0 Å². The third kappa shape index (κ3) is 5.13. The van der Waals surface area contributed by atoms with Gasteiger partial charge in [-0.1, -0.05) is 13.8 Å². The van der Waals surface area contributed by atoms with Crippen LogP contribution in [0.4, 0.5) is 0 Å². The summed E-state index contributed by atoms with van der Waals surface area (Å²) in [6, 6.07) is 0. The van der Waals surface area contributed by atoms with Gasteiger partial charge in [0.25, 0.3) is 0 Å². The van der Waals surface area contributed by atoms with Gasteiger partial charge in [-0.15, -0.1) is 0 Å². The number of nitrogens with two attached hydrogens (primary N) is 2. The van der Waals surface area contributed by atoms with E-state index in [9.17, 15) is 14.7 Å². The number of fused-ring (bicyclic) bond motifs is 1. The van der Waals surface area contributed by atoms with Gasteiger partial charge in [-0.25, -0.2) is 4.79 Å². The van der Waals surface area contributed by atoms with E-state index in [0.29, 0.717) is 24.6 Å². The number of piperidine rings is 1. The summed E-state index contributed by atoms with van der Waals surface area (Å²) in [6.07, 6.45) is 6.20. The highest BCUT2D eigenvalue weighted by Gasteiger charge is 2.43. The van der Waals surface area contributed by atoms with E-state index in [2.05, 4.69) is 23.6 Å². The van der Waals surface area contributed by atoms with Crippen molar-refractivity contribution in [2.24, 2.45) is 17.4 Å². The largest absolute Gasteiger partial charge is 0.477 e. The lowest BCUT2D eigenvalue weighted by molar-refractivity contribution is -0.136. The summed E-state index contributed by atoms with van der Waals surface area (Å²) in [5.41, 5.74) is 11.6. The first-order valence-electron chi connectivity index (χ1n) is 10.1. The van der Waals surface area contributed by atoms with E-state index in [-0.39, 0.29) is 24.7 Å². The Morgan fingerprint density at radius 1 is 1.30 bits per heavy atom. The zero-order valence-corrected chi connectivity index (χ0v) is 16.6. The van der Waals surface area contributed by atoms with Crippen molar-refractivity contribution in [2.45, 2.75) is 64.7 Å². The van der Waals surface area contributed by atoms with Gasteiger partial charge in [-0.05, 0) is 57.7 Å². The Bertz CT molecular complexity index is 547. The number of carbonyl (C=O) groups is 2. The molecular weight excluding hydrogens is 346 g/mol. The van der Waals surface area contributed by atoms with Crippen LogP contribution in [0.2, 0.25) is 0 Å². The average Bonchev–Trinajstić information content (AvgIpc) is 3.01. The van der Waals surface area contributed by atoms with E-state index in [4.69, 9.17) is 11.5 Å². The Hall–Kier alpha value is -1.80. The van der Waals surface area contributed by atoms with Gasteiger partial charge in [0, 0.05) is 19.2 Å². The number of primary amides is 1. The molecule has 2 aliphatic rings. The van der Waals surface area contributed by atoms with Gasteiger partial charge in [-0.3, -0.25) is 9.69 Å². The van der Waals surface area contributed by atoms with Gasteiger partial charge in [0.05, 0.1) is 6.17 Å². The number of aliphatic carboxylic acids is 1. The van der Waals surface area contributed by atoms with Crippen LogP contribution >= 0.6 is 0 Å².